The monoisotopic (exact) mass is 314 g/mol. The number of hydrogen-bond donors (Lipinski definition) is 2. The Morgan fingerprint density at radius 3 is 2.82 bits per heavy atom. The molecule has 22 heavy (non-hydrogen) atoms. The molecule has 5 heteroatoms. The fraction of sp³-hybridized carbons (Fsp3) is 0.176. The van der Waals surface area contributed by atoms with Crippen LogP contribution in [0.4, 0.5) is 5.69 Å². The first kappa shape index (κ1) is 14.6. The Balaban J connectivity index is 1.80. The van der Waals surface area contributed by atoms with Gasteiger partial charge in [-0.3, -0.25) is 9.59 Å². The van der Waals surface area contributed by atoms with Crippen LogP contribution in [0.5, 0.6) is 0 Å². The summed E-state index contributed by atoms with van der Waals surface area (Å²) >= 11 is 6.05. The lowest BCUT2D eigenvalue weighted by Crippen LogP contribution is -2.48. The molecule has 1 heterocycles. The van der Waals surface area contributed by atoms with Gasteiger partial charge in [-0.25, -0.2) is 0 Å². The molecule has 2 aromatic carbocycles. The number of anilines is 1. The predicted octanol–water partition coefficient (Wildman–Crippen LogP) is 2.94. The molecule has 0 saturated heterocycles. The highest BCUT2D eigenvalue weighted by atomic mass is 35.5. The number of halogens is 1. The van der Waals surface area contributed by atoms with Gasteiger partial charge in [0.2, 0.25) is 5.91 Å². The molecular formula is C17H15ClN2O2. The van der Waals surface area contributed by atoms with Crippen molar-refractivity contribution in [1.29, 1.82) is 0 Å². The maximum Gasteiger partial charge on any atom is 0.252 e. The zero-order valence-electron chi connectivity index (χ0n) is 12.0. The highest BCUT2D eigenvalue weighted by Gasteiger charge is 2.28. The van der Waals surface area contributed by atoms with E-state index >= 15 is 0 Å². The summed E-state index contributed by atoms with van der Waals surface area (Å²) in [7, 11) is 0. The largest absolute Gasteiger partial charge is 0.340 e. The Kier molecular flexibility index (Phi) is 3.86. The van der Waals surface area contributed by atoms with Gasteiger partial charge in [0, 0.05) is 22.7 Å². The molecule has 112 valence electrons. The number of carbonyl (C=O) groups excluding carboxylic acids is 2. The number of amides is 2. The van der Waals surface area contributed by atoms with Crippen LogP contribution in [-0.4, -0.2) is 17.9 Å². The summed E-state index contributed by atoms with van der Waals surface area (Å²) in [6.45, 7) is 1.84. The predicted molar refractivity (Wildman–Crippen MR) is 86.2 cm³/mol. The van der Waals surface area contributed by atoms with E-state index in [1.165, 1.54) is 0 Å². The number of benzene rings is 2. The molecule has 0 radical (unpaired) electrons. The van der Waals surface area contributed by atoms with E-state index in [2.05, 4.69) is 10.6 Å². The van der Waals surface area contributed by atoms with Gasteiger partial charge in [0.1, 0.15) is 6.04 Å². The Morgan fingerprint density at radius 2 is 2.00 bits per heavy atom. The highest BCUT2D eigenvalue weighted by Crippen LogP contribution is 2.24. The van der Waals surface area contributed by atoms with Crippen molar-refractivity contribution < 1.29 is 9.59 Å². The maximum absolute atomic E-state index is 12.4. The lowest BCUT2D eigenvalue weighted by atomic mass is 9.95. The third kappa shape index (κ3) is 2.70. The van der Waals surface area contributed by atoms with Crippen LogP contribution in [0.25, 0.3) is 0 Å². The van der Waals surface area contributed by atoms with Crippen molar-refractivity contribution in [2.45, 2.75) is 19.4 Å². The standard InChI is InChI=1S/C17H15ClN2O2/c1-10-13(18)7-4-8-14(10)19-17(22)15-9-11-5-2-3-6-12(11)16(21)20-15/h2-8,15H,9H2,1H3,(H,19,22)(H,20,21). The highest BCUT2D eigenvalue weighted by molar-refractivity contribution is 6.31. The first-order valence-corrected chi connectivity index (χ1v) is 7.39. The Morgan fingerprint density at radius 1 is 1.23 bits per heavy atom. The van der Waals surface area contributed by atoms with Gasteiger partial charge in [-0.15, -0.1) is 0 Å². The lowest BCUT2D eigenvalue weighted by Gasteiger charge is -2.25. The van der Waals surface area contributed by atoms with Crippen LogP contribution in [0.3, 0.4) is 0 Å². The van der Waals surface area contributed by atoms with Gasteiger partial charge in [-0.1, -0.05) is 35.9 Å². The van der Waals surface area contributed by atoms with E-state index in [9.17, 15) is 9.59 Å². The third-order valence-electron chi connectivity index (χ3n) is 3.83. The number of fused-ring (bicyclic) bond motifs is 1. The first-order chi connectivity index (χ1) is 10.6. The van der Waals surface area contributed by atoms with Crippen molar-refractivity contribution in [2.24, 2.45) is 0 Å². The molecule has 2 aromatic rings. The Bertz CT molecular complexity index is 758. The molecule has 0 fully saturated rings. The topological polar surface area (TPSA) is 58.2 Å². The number of rotatable bonds is 2. The molecule has 1 unspecified atom stereocenters. The molecule has 0 aromatic heterocycles. The fourth-order valence-electron chi connectivity index (χ4n) is 2.55. The minimum absolute atomic E-state index is 0.218. The SMILES string of the molecule is Cc1c(Cl)cccc1NC(=O)C1Cc2ccccc2C(=O)N1. The zero-order chi connectivity index (χ0) is 15.7. The molecule has 2 amide bonds. The molecule has 3 rings (SSSR count). The third-order valence-corrected chi connectivity index (χ3v) is 4.24. The van der Waals surface area contributed by atoms with Crippen molar-refractivity contribution in [3.05, 3.63) is 64.2 Å². The van der Waals surface area contributed by atoms with Crippen molar-refractivity contribution in [2.75, 3.05) is 5.32 Å². The second-order valence-electron chi connectivity index (χ2n) is 5.29. The zero-order valence-corrected chi connectivity index (χ0v) is 12.8. The second-order valence-corrected chi connectivity index (χ2v) is 5.70. The first-order valence-electron chi connectivity index (χ1n) is 7.01. The van der Waals surface area contributed by atoms with Crippen LogP contribution in [0.2, 0.25) is 5.02 Å². The van der Waals surface area contributed by atoms with Crippen LogP contribution in [-0.2, 0) is 11.2 Å². The van der Waals surface area contributed by atoms with E-state index in [-0.39, 0.29) is 11.8 Å². The molecule has 0 bridgehead atoms. The van der Waals surface area contributed by atoms with E-state index in [4.69, 9.17) is 11.6 Å². The van der Waals surface area contributed by atoms with E-state index in [1.807, 2.05) is 25.1 Å². The minimum Gasteiger partial charge on any atom is -0.340 e. The van der Waals surface area contributed by atoms with Gasteiger partial charge in [0.15, 0.2) is 0 Å². The van der Waals surface area contributed by atoms with Crippen LogP contribution in [0, 0.1) is 6.92 Å². The second kappa shape index (κ2) is 5.81. The molecule has 1 atom stereocenters. The van der Waals surface area contributed by atoms with Crippen molar-refractivity contribution in [3.63, 3.8) is 0 Å². The van der Waals surface area contributed by atoms with E-state index in [1.54, 1.807) is 24.3 Å². The molecule has 0 aliphatic carbocycles. The molecule has 0 spiro atoms. The van der Waals surface area contributed by atoms with E-state index in [0.29, 0.717) is 22.7 Å². The Labute approximate surface area is 133 Å². The molecule has 1 aliphatic rings. The summed E-state index contributed by atoms with van der Waals surface area (Å²) < 4.78 is 0. The fourth-order valence-corrected chi connectivity index (χ4v) is 2.72. The van der Waals surface area contributed by atoms with Gasteiger partial charge >= 0.3 is 0 Å². The van der Waals surface area contributed by atoms with E-state index < -0.39 is 6.04 Å². The minimum atomic E-state index is -0.583. The molecule has 0 saturated carbocycles. The number of carbonyl (C=O) groups is 2. The molecule has 1 aliphatic heterocycles. The lowest BCUT2D eigenvalue weighted by molar-refractivity contribution is -0.118. The van der Waals surface area contributed by atoms with Crippen LogP contribution >= 0.6 is 11.6 Å². The summed E-state index contributed by atoms with van der Waals surface area (Å²) in [6.07, 6.45) is 0.480. The molecular weight excluding hydrogens is 300 g/mol. The van der Waals surface area contributed by atoms with Gasteiger partial charge in [-0.2, -0.15) is 0 Å². The van der Waals surface area contributed by atoms with Crippen molar-refractivity contribution >= 4 is 29.1 Å². The average Bonchev–Trinajstić information content (AvgIpc) is 2.52. The number of hydrogen-bond acceptors (Lipinski definition) is 2. The van der Waals surface area contributed by atoms with Crippen LogP contribution in [0.1, 0.15) is 21.5 Å². The molecule has 4 nitrogen and oxygen atoms in total. The van der Waals surface area contributed by atoms with E-state index in [0.717, 1.165) is 11.1 Å². The number of nitrogens with one attached hydrogen (secondary N) is 2. The summed E-state index contributed by atoms with van der Waals surface area (Å²) in [6, 6.07) is 12.1. The Hall–Kier alpha value is -2.33. The summed E-state index contributed by atoms with van der Waals surface area (Å²) in [4.78, 5) is 24.5. The maximum atomic E-state index is 12.4. The van der Waals surface area contributed by atoms with Gasteiger partial charge in [0.25, 0.3) is 5.91 Å². The van der Waals surface area contributed by atoms with Crippen LogP contribution in [0.15, 0.2) is 42.5 Å². The molecule has 2 N–H and O–H groups in total. The quantitative estimate of drug-likeness (QED) is 0.895. The summed E-state index contributed by atoms with van der Waals surface area (Å²) in [5.74, 6) is -0.460. The van der Waals surface area contributed by atoms with Gasteiger partial charge in [-0.05, 0) is 36.2 Å². The summed E-state index contributed by atoms with van der Waals surface area (Å²) in [5, 5.41) is 6.17. The smallest absolute Gasteiger partial charge is 0.252 e. The normalized spacial score (nSPS) is 16.6. The summed E-state index contributed by atoms with van der Waals surface area (Å²) in [5.41, 5.74) is 2.98. The van der Waals surface area contributed by atoms with Gasteiger partial charge in [0.05, 0.1) is 0 Å². The van der Waals surface area contributed by atoms with Crippen molar-refractivity contribution in [1.82, 2.24) is 5.32 Å². The average molecular weight is 315 g/mol. The van der Waals surface area contributed by atoms with Crippen molar-refractivity contribution in [3.8, 4) is 0 Å². The van der Waals surface area contributed by atoms with Crippen LogP contribution < -0.4 is 10.6 Å². The van der Waals surface area contributed by atoms with Gasteiger partial charge < -0.3 is 10.6 Å².